The van der Waals surface area contributed by atoms with Crippen LogP contribution in [0.4, 0.5) is 0 Å². The Kier molecular flexibility index (Phi) is 4.28. The molecular formula is C15H24N4O. The van der Waals surface area contributed by atoms with E-state index in [4.69, 9.17) is 5.73 Å². The van der Waals surface area contributed by atoms with Gasteiger partial charge in [-0.1, -0.05) is 32.4 Å². The van der Waals surface area contributed by atoms with Gasteiger partial charge in [0, 0.05) is 32.4 Å². The van der Waals surface area contributed by atoms with Crippen LogP contribution in [-0.4, -0.2) is 40.0 Å². The number of carbonyl (C=O) groups is 1. The van der Waals surface area contributed by atoms with Gasteiger partial charge < -0.3 is 15.2 Å². The third-order valence-corrected chi connectivity index (χ3v) is 3.70. The van der Waals surface area contributed by atoms with Crippen molar-refractivity contribution >= 4 is 5.91 Å². The Morgan fingerprint density at radius 1 is 1.45 bits per heavy atom. The predicted molar refractivity (Wildman–Crippen MR) is 79.3 cm³/mol. The summed E-state index contributed by atoms with van der Waals surface area (Å²) in [5.74, 6) is 0.00461. The zero-order valence-corrected chi connectivity index (χ0v) is 12.6. The van der Waals surface area contributed by atoms with E-state index in [1.54, 1.807) is 12.5 Å². The molecule has 1 amide bonds. The third kappa shape index (κ3) is 3.28. The second-order valence-corrected chi connectivity index (χ2v) is 6.27. The summed E-state index contributed by atoms with van der Waals surface area (Å²) in [4.78, 5) is 18.4. The van der Waals surface area contributed by atoms with E-state index in [2.05, 4.69) is 31.8 Å². The topological polar surface area (TPSA) is 64.2 Å². The summed E-state index contributed by atoms with van der Waals surface area (Å²) in [5, 5.41) is 0. The number of aromatic nitrogens is 2. The summed E-state index contributed by atoms with van der Waals surface area (Å²) in [7, 11) is 0. The van der Waals surface area contributed by atoms with Gasteiger partial charge in [-0.05, 0) is 11.8 Å². The van der Waals surface area contributed by atoms with Crippen molar-refractivity contribution in [1.82, 2.24) is 14.5 Å². The van der Waals surface area contributed by atoms with Crippen molar-refractivity contribution in [2.75, 3.05) is 19.6 Å². The van der Waals surface area contributed by atoms with Crippen LogP contribution in [0.2, 0.25) is 0 Å². The highest BCUT2D eigenvalue weighted by Gasteiger charge is 2.25. The lowest BCUT2D eigenvalue weighted by molar-refractivity contribution is 0.0759. The maximum absolute atomic E-state index is 12.4. The van der Waals surface area contributed by atoms with Gasteiger partial charge in [-0.15, -0.1) is 0 Å². The largest absolute Gasteiger partial charge is 0.335 e. The van der Waals surface area contributed by atoms with Crippen molar-refractivity contribution in [2.24, 2.45) is 11.1 Å². The van der Waals surface area contributed by atoms with E-state index < -0.39 is 0 Å². The molecule has 5 heteroatoms. The molecule has 0 saturated carbocycles. The van der Waals surface area contributed by atoms with Gasteiger partial charge in [-0.2, -0.15) is 0 Å². The zero-order chi connectivity index (χ0) is 14.8. The van der Waals surface area contributed by atoms with Gasteiger partial charge in [0.05, 0.1) is 6.33 Å². The van der Waals surface area contributed by atoms with Gasteiger partial charge in [-0.25, -0.2) is 4.98 Å². The summed E-state index contributed by atoms with van der Waals surface area (Å²) >= 11 is 0. The van der Waals surface area contributed by atoms with Gasteiger partial charge in [0.1, 0.15) is 5.69 Å². The van der Waals surface area contributed by atoms with Crippen molar-refractivity contribution in [3.05, 3.63) is 29.9 Å². The predicted octanol–water partition coefficient (Wildman–Crippen LogP) is 1.66. The van der Waals surface area contributed by atoms with Crippen LogP contribution in [-0.2, 0) is 6.54 Å². The normalized spacial score (nSPS) is 16.2. The molecule has 110 valence electrons. The molecule has 0 unspecified atom stereocenters. The van der Waals surface area contributed by atoms with Crippen LogP contribution in [0.3, 0.4) is 0 Å². The minimum absolute atomic E-state index is 0.00461. The average molecular weight is 276 g/mol. The Balaban J connectivity index is 2.02. The zero-order valence-electron chi connectivity index (χ0n) is 12.6. The molecule has 1 aliphatic rings. The Labute approximate surface area is 120 Å². The third-order valence-electron chi connectivity index (χ3n) is 3.70. The molecule has 2 N–H and O–H groups in total. The molecule has 0 aromatic carbocycles. The lowest BCUT2D eigenvalue weighted by atomic mass is 9.83. The van der Waals surface area contributed by atoms with Crippen LogP contribution in [0.25, 0.3) is 0 Å². The molecule has 0 aliphatic carbocycles. The number of carbonyl (C=O) groups excluding carboxylic acids is 1. The van der Waals surface area contributed by atoms with Gasteiger partial charge in [0.2, 0.25) is 0 Å². The minimum Gasteiger partial charge on any atom is -0.335 e. The number of nitrogens with two attached hydrogens (primary N) is 1. The van der Waals surface area contributed by atoms with Crippen molar-refractivity contribution in [3.63, 3.8) is 0 Å². The number of imidazole rings is 1. The number of nitrogens with zero attached hydrogens (tertiary/aromatic N) is 3. The van der Waals surface area contributed by atoms with Crippen molar-refractivity contribution in [2.45, 2.75) is 33.7 Å². The van der Waals surface area contributed by atoms with E-state index >= 15 is 0 Å². The molecular weight excluding hydrogens is 252 g/mol. The van der Waals surface area contributed by atoms with Crippen molar-refractivity contribution in [3.8, 4) is 0 Å². The average Bonchev–Trinajstić information content (AvgIpc) is 2.86. The summed E-state index contributed by atoms with van der Waals surface area (Å²) in [5.41, 5.74) is 7.62. The van der Waals surface area contributed by atoms with E-state index in [0.29, 0.717) is 25.3 Å². The first-order valence-electron chi connectivity index (χ1n) is 7.12. The fourth-order valence-corrected chi connectivity index (χ4v) is 2.44. The van der Waals surface area contributed by atoms with Gasteiger partial charge >= 0.3 is 0 Å². The summed E-state index contributed by atoms with van der Waals surface area (Å²) in [6.45, 7) is 9.32. The number of hydrogen-bond donors (Lipinski definition) is 1. The van der Waals surface area contributed by atoms with E-state index in [9.17, 15) is 4.79 Å². The number of amides is 1. The molecule has 0 saturated heterocycles. The maximum atomic E-state index is 12.4. The van der Waals surface area contributed by atoms with E-state index in [1.807, 2.05) is 9.47 Å². The second kappa shape index (κ2) is 5.79. The molecule has 0 fully saturated rings. The lowest BCUT2D eigenvalue weighted by Gasteiger charge is -2.31. The SMILES string of the molecule is CC(C)(C)C1=CCN(C(=O)c2cn(CCN)cn2)CC1. The van der Waals surface area contributed by atoms with Crippen LogP contribution in [0.1, 0.15) is 37.7 Å². The van der Waals surface area contributed by atoms with Crippen LogP contribution < -0.4 is 5.73 Å². The fraction of sp³-hybridized carbons (Fsp3) is 0.600. The fourth-order valence-electron chi connectivity index (χ4n) is 2.44. The van der Waals surface area contributed by atoms with Gasteiger partial charge in [-0.3, -0.25) is 4.79 Å². The maximum Gasteiger partial charge on any atom is 0.274 e. The first-order chi connectivity index (χ1) is 9.41. The smallest absolute Gasteiger partial charge is 0.274 e. The summed E-state index contributed by atoms with van der Waals surface area (Å²) in [6, 6.07) is 0. The highest BCUT2D eigenvalue weighted by Crippen LogP contribution is 2.30. The molecule has 2 rings (SSSR count). The molecule has 20 heavy (non-hydrogen) atoms. The van der Waals surface area contributed by atoms with Crippen molar-refractivity contribution in [1.29, 1.82) is 0 Å². The summed E-state index contributed by atoms with van der Waals surface area (Å²) < 4.78 is 1.85. The Bertz CT molecular complexity index is 510. The van der Waals surface area contributed by atoms with E-state index in [-0.39, 0.29) is 11.3 Å². The Hall–Kier alpha value is -1.62. The Morgan fingerprint density at radius 2 is 2.20 bits per heavy atom. The minimum atomic E-state index is 0.00461. The van der Waals surface area contributed by atoms with E-state index in [0.717, 1.165) is 13.0 Å². The van der Waals surface area contributed by atoms with Crippen molar-refractivity contribution < 1.29 is 4.79 Å². The highest BCUT2D eigenvalue weighted by atomic mass is 16.2. The molecule has 1 aromatic rings. The first-order valence-corrected chi connectivity index (χ1v) is 7.12. The Morgan fingerprint density at radius 3 is 2.75 bits per heavy atom. The second-order valence-electron chi connectivity index (χ2n) is 6.27. The molecule has 0 atom stereocenters. The quantitative estimate of drug-likeness (QED) is 0.854. The summed E-state index contributed by atoms with van der Waals surface area (Å²) in [6.07, 6.45) is 6.57. The van der Waals surface area contributed by atoms with Crippen LogP contribution in [0.15, 0.2) is 24.2 Å². The highest BCUT2D eigenvalue weighted by molar-refractivity contribution is 5.92. The molecule has 0 spiro atoms. The van der Waals surface area contributed by atoms with Gasteiger partial charge in [0.15, 0.2) is 0 Å². The molecule has 0 radical (unpaired) electrons. The monoisotopic (exact) mass is 276 g/mol. The molecule has 1 aromatic heterocycles. The molecule has 2 heterocycles. The van der Waals surface area contributed by atoms with Gasteiger partial charge in [0.25, 0.3) is 5.91 Å². The molecule has 5 nitrogen and oxygen atoms in total. The van der Waals surface area contributed by atoms with Crippen LogP contribution in [0, 0.1) is 5.41 Å². The first kappa shape index (κ1) is 14.8. The number of rotatable bonds is 3. The molecule has 1 aliphatic heterocycles. The number of hydrogen-bond acceptors (Lipinski definition) is 3. The van der Waals surface area contributed by atoms with Crippen LogP contribution >= 0.6 is 0 Å². The van der Waals surface area contributed by atoms with E-state index in [1.165, 1.54) is 5.57 Å². The standard InChI is InChI=1S/C15H24N4O/c1-15(2,3)12-4-7-19(8-5-12)14(20)13-10-18(9-6-16)11-17-13/h4,10-11H,5-9,16H2,1-3H3. The molecule has 0 bridgehead atoms. The lowest BCUT2D eigenvalue weighted by Crippen LogP contribution is -2.36. The van der Waals surface area contributed by atoms with Crippen LogP contribution in [0.5, 0.6) is 0 Å².